The summed E-state index contributed by atoms with van der Waals surface area (Å²) in [6.45, 7) is 2.11. The van der Waals surface area contributed by atoms with Crippen LogP contribution in [0.5, 0.6) is 5.75 Å². The van der Waals surface area contributed by atoms with Gasteiger partial charge in [-0.3, -0.25) is 4.79 Å². The predicted octanol–water partition coefficient (Wildman–Crippen LogP) is 1.84. The van der Waals surface area contributed by atoms with Crippen LogP contribution < -0.4 is 14.9 Å². The minimum atomic E-state index is -4.07. The molecule has 0 radical (unpaired) electrons. The molecule has 0 fully saturated rings. The van der Waals surface area contributed by atoms with Crippen molar-refractivity contribution < 1.29 is 12.6 Å². The van der Waals surface area contributed by atoms with E-state index < -0.39 is 10.3 Å². The smallest absolute Gasteiger partial charge is 0.371 e. The van der Waals surface area contributed by atoms with Gasteiger partial charge in [-0.05, 0) is 36.4 Å². The minimum Gasteiger partial charge on any atom is -0.371 e. The second kappa shape index (κ2) is 6.28. The third kappa shape index (κ3) is 4.30. The van der Waals surface area contributed by atoms with E-state index in [1.54, 1.807) is 6.07 Å². The largest absolute Gasteiger partial charge is 0.380 e. The molecular weight excluding hydrogens is 292 g/mol. The maximum Gasteiger partial charge on any atom is 0.380 e. The van der Waals surface area contributed by atoms with Gasteiger partial charge in [0.1, 0.15) is 5.75 Å². The van der Waals surface area contributed by atoms with Gasteiger partial charge in [-0.2, -0.15) is 13.6 Å². The van der Waals surface area contributed by atoms with E-state index in [0.29, 0.717) is 5.52 Å². The van der Waals surface area contributed by atoms with Crippen LogP contribution in [0, 0.1) is 0 Å². The lowest BCUT2D eigenvalue weighted by atomic mass is 10.1. The predicted molar refractivity (Wildman–Crippen MR) is 81.5 cm³/mol. The van der Waals surface area contributed by atoms with Crippen molar-refractivity contribution in [1.82, 2.24) is 4.98 Å². The van der Waals surface area contributed by atoms with Crippen LogP contribution in [-0.4, -0.2) is 13.4 Å². The van der Waals surface area contributed by atoms with Gasteiger partial charge >= 0.3 is 10.3 Å². The monoisotopic (exact) mass is 310 g/mol. The SMILES string of the molecule is CCCCCc1cc2ccc(OS(N)(=O)=O)cc2[nH]c1=O. The summed E-state index contributed by atoms with van der Waals surface area (Å²) >= 11 is 0. The lowest BCUT2D eigenvalue weighted by Gasteiger charge is -2.06. The van der Waals surface area contributed by atoms with Crippen molar-refractivity contribution in [2.75, 3.05) is 0 Å². The highest BCUT2D eigenvalue weighted by molar-refractivity contribution is 7.84. The van der Waals surface area contributed by atoms with E-state index in [2.05, 4.69) is 16.1 Å². The summed E-state index contributed by atoms with van der Waals surface area (Å²) in [5, 5.41) is 5.63. The molecule has 0 unspecified atom stereocenters. The molecular formula is C14H18N2O4S. The zero-order chi connectivity index (χ0) is 15.5. The fourth-order valence-electron chi connectivity index (χ4n) is 2.16. The van der Waals surface area contributed by atoms with E-state index in [-0.39, 0.29) is 11.3 Å². The molecule has 0 aliphatic heterocycles. The summed E-state index contributed by atoms with van der Waals surface area (Å²) in [4.78, 5) is 14.7. The molecule has 1 aromatic carbocycles. The molecule has 0 aliphatic rings. The van der Waals surface area contributed by atoms with Crippen LogP contribution in [-0.2, 0) is 16.7 Å². The van der Waals surface area contributed by atoms with Gasteiger partial charge in [0.2, 0.25) is 0 Å². The highest BCUT2D eigenvalue weighted by Gasteiger charge is 2.08. The van der Waals surface area contributed by atoms with Gasteiger partial charge in [-0.1, -0.05) is 19.8 Å². The van der Waals surface area contributed by atoms with Crippen LogP contribution in [0.1, 0.15) is 31.7 Å². The van der Waals surface area contributed by atoms with Crippen LogP contribution in [0.2, 0.25) is 0 Å². The number of hydrogen-bond acceptors (Lipinski definition) is 4. The average Bonchev–Trinajstić information content (AvgIpc) is 2.38. The Hall–Kier alpha value is -1.86. The Bertz CT molecular complexity index is 796. The summed E-state index contributed by atoms with van der Waals surface area (Å²) in [7, 11) is -4.07. The Kier molecular flexibility index (Phi) is 4.64. The summed E-state index contributed by atoms with van der Waals surface area (Å²) in [5.74, 6) is 0.0689. The van der Waals surface area contributed by atoms with Crippen molar-refractivity contribution in [2.45, 2.75) is 32.6 Å². The van der Waals surface area contributed by atoms with Gasteiger partial charge in [0, 0.05) is 11.6 Å². The first kappa shape index (κ1) is 15.5. The number of fused-ring (bicyclic) bond motifs is 1. The molecule has 2 rings (SSSR count). The minimum absolute atomic E-state index is 0.0689. The van der Waals surface area contributed by atoms with E-state index in [0.717, 1.165) is 36.6 Å². The van der Waals surface area contributed by atoms with Gasteiger partial charge in [0.25, 0.3) is 5.56 Å². The Balaban J connectivity index is 2.33. The Morgan fingerprint density at radius 1 is 1.24 bits per heavy atom. The van der Waals surface area contributed by atoms with E-state index in [1.807, 2.05) is 6.07 Å². The second-order valence-corrected chi connectivity index (χ2v) is 6.06. The zero-order valence-electron chi connectivity index (χ0n) is 11.8. The van der Waals surface area contributed by atoms with E-state index in [4.69, 9.17) is 5.14 Å². The molecule has 1 heterocycles. The van der Waals surface area contributed by atoms with Crippen molar-refractivity contribution in [2.24, 2.45) is 5.14 Å². The lowest BCUT2D eigenvalue weighted by Crippen LogP contribution is -2.19. The number of nitrogens with two attached hydrogens (primary N) is 1. The van der Waals surface area contributed by atoms with Crippen molar-refractivity contribution in [3.8, 4) is 5.75 Å². The molecule has 0 saturated heterocycles. The summed E-state index contributed by atoms with van der Waals surface area (Å²) in [6, 6.07) is 6.46. The molecule has 0 bridgehead atoms. The molecule has 0 spiro atoms. The standard InChI is InChI=1S/C14H18N2O4S/c1-2-3-4-5-11-8-10-6-7-12(20-21(15,18)19)9-13(10)16-14(11)17/h6-9H,2-5H2,1H3,(H,16,17)(H2,15,18,19). The number of rotatable bonds is 6. The fraction of sp³-hybridized carbons (Fsp3) is 0.357. The molecule has 21 heavy (non-hydrogen) atoms. The van der Waals surface area contributed by atoms with Crippen molar-refractivity contribution in [3.05, 3.63) is 40.2 Å². The third-order valence-corrected chi connectivity index (χ3v) is 3.58. The number of benzene rings is 1. The second-order valence-electron chi connectivity index (χ2n) is 4.91. The quantitative estimate of drug-likeness (QED) is 0.795. The number of H-pyrrole nitrogens is 1. The van der Waals surface area contributed by atoms with Crippen LogP contribution in [0.4, 0.5) is 0 Å². The summed E-state index contributed by atoms with van der Waals surface area (Å²) in [6.07, 6.45) is 3.88. The molecule has 0 saturated carbocycles. The number of hydrogen-bond donors (Lipinski definition) is 2. The summed E-state index contributed by atoms with van der Waals surface area (Å²) < 4.78 is 26.4. The highest BCUT2D eigenvalue weighted by atomic mass is 32.2. The first-order valence-corrected chi connectivity index (χ1v) is 8.24. The van der Waals surface area contributed by atoms with Crippen LogP contribution in [0.25, 0.3) is 10.9 Å². The Labute approximate surface area is 123 Å². The van der Waals surface area contributed by atoms with Crippen molar-refractivity contribution >= 4 is 21.2 Å². The molecule has 2 aromatic rings. The molecule has 6 nitrogen and oxygen atoms in total. The first-order valence-electron chi connectivity index (χ1n) is 6.77. The van der Waals surface area contributed by atoms with Crippen LogP contribution >= 0.6 is 0 Å². The number of nitrogens with one attached hydrogen (secondary N) is 1. The number of unbranched alkanes of at least 4 members (excludes halogenated alkanes) is 2. The lowest BCUT2D eigenvalue weighted by molar-refractivity contribution is 0.488. The normalized spacial score (nSPS) is 11.7. The number of pyridine rings is 1. The number of aryl methyl sites for hydroxylation is 1. The maximum atomic E-state index is 12.0. The zero-order valence-corrected chi connectivity index (χ0v) is 12.6. The van der Waals surface area contributed by atoms with E-state index >= 15 is 0 Å². The molecule has 0 atom stereocenters. The third-order valence-electron chi connectivity index (χ3n) is 3.16. The van der Waals surface area contributed by atoms with Crippen molar-refractivity contribution in [1.29, 1.82) is 0 Å². The van der Waals surface area contributed by atoms with Gasteiger partial charge < -0.3 is 9.17 Å². The molecule has 3 N–H and O–H groups in total. The highest BCUT2D eigenvalue weighted by Crippen LogP contribution is 2.20. The number of aromatic nitrogens is 1. The first-order chi connectivity index (χ1) is 9.89. The van der Waals surface area contributed by atoms with E-state index in [9.17, 15) is 13.2 Å². The molecule has 0 amide bonds. The van der Waals surface area contributed by atoms with Gasteiger partial charge in [-0.25, -0.2) is 0 Å². The molecule has 114 valence electrons. The molecule has 7 heteroatoms. The van der Waals surface area contributed by atoms with E-state index in [1.165, 1.54) is 12.1 Å². The fourth-order valence-corrected chi connectivity index (χ4v) is 2.53. The van der Waals surface area contributed by atoms with Gasteiger partial charge in [0.15, 0.2) is 0 Å². The maximum absolute atomic E-state index is 12.0. The molecule has 1 aromatic heterocycles. The van der Waals surface area contributed by atoms with Gasteiger partial charge in [-0.15, -0.1) is 0 Å². The van der Waals surface area contributed by atoms with Crippen molar-refractivity contribution in [3.63, 3.8) is 0 Å². The van der Waals surface area contributed by atoms with Crippen LogP contribution in [0.15, 0.2) is 29.1 Å². The molecule has 0 aliphatic carbocycles. The Morgan fingerprint density at radius 3 is 2.67 bits per heavy atom. The van der Waals surface area contributed by atoms with Crippen LogP contribution in [0.3, 0.4) is 0 Å². The van der Waals surface area contributed by atoms with Gasteiger partial charge in [0.05, 0.1) is 5.52 Å². The number of aromatic amines is 1. The Morgan fingerprint density at radius 2 is 2.00 bits per heavy atom. The summed E-state index contributed by atoms with van der Waals surface area (Å²) in [5.41, 5.74) is 1.09. The average molecular weight is 310 g/mol. The topological polar surface area (TPSA) is 102 Å².